The predicted molar refractivity (Wildman–Crippen MR) is 84.9 cm³/mol. The maximum Gasteiger partial charge on any atom is 0.251 e. The molecule has 2 aliphatic rings. The number of ether oxygens (including phenoxy) is 1. The van der Waals surface area contributed by atoms with E-state index in [0.29, 0.717) is 24.9 Å². The van der Waals surface area contributed by atoms with Gasteiger partial charge in [0.25, 0.3) is 5.91 Å². The zero-order valence-corrected chi connectivity index (χ0v) is 13.7. The van der Waals surface area contributed by atoms with Gasteiger partial charge in [-0.15, -0.1) is 0 Å². The van der Waals surface area contributed by atoms with Crippen LogP contribution >= 0.6 is 0 Å². The monoisotopic (exact) mass is 320 g/mol. The van der Waals surface area contributed by atoms with Crippen molar-refractivity contribution in [3.05, 3.63) is 12.3 Å². The molecule has 2 fully saturated rings. The van der Waals surface area contributed by atoms with E-state index < -0.39 is 0 Å². The van der Waals surface area contributed by atoms with Gasteiger partial charge >= 0.3 is 0 Å². The topological polar surface area (TPSA) is 76.5 Å². The molecule has 0 spiro atoms. The van der Waals surface area contributed by atoms with Crippen LogP contribution in [0.3, 0.4) is 0 Å². The lowest BCUT2D eigenvalue weighted by Gasteiger charge is -2.21. The number of anilines is 1. The zero-order chi connectivity index (χ0) is 16.4. The first-order valence-corrected chi connectivity index (χ1v) is 8.26. The molecule has 2 atom stereocenters. The van der Waals surface area contributed by atoms with Crippen LogP contribution in [0, 0.1) is 5.92 Å². The van der Waals surface area contributed by atoms with Crippen LogP contribution in [0.4, 0.5) is 5.82 Å². The Morgan fingerprint density at radius 1 is 1.43 bits per heavy atom. The fourth-order valence-electron chi connectivity index (χ4n) is 2.84. The first-order valence-electron chi connectivity index (χ1n) is 8.26. The molecule has 3 rings (SSSR count). The number of carbonyl (C=O) groups excluding carboxylic acids is 2. The van der Waals surface area contributed by atoms with Crippen molar-refractivity contribution in [3.8, 4) is 0 Å². The largest absolute Gasteiger partial charge is 0.368 e. The van der Waals surface area contributed by atoms with Crippen LogP contribution in [0.1, 0.15) is 39.2 Å². The minimum Gasteiger partial charge on any atom is -0.368 e. The second kappa shape index (κ2) is 6.70. The predicted octanol–water partition coefficient (Wildman–Crippen LogP) is 1.43. The molecule has 1 N–H and O–H groups in total. The average molecular weight is 320 g/mol. The van der Waals surface area contributed by atoms with Gasteiger partial charge in [0.1, 0.15) is 6.10 Å². The zero-order valence-electron chi connectivity index (χ0n) is 13.7. The number of nitrogens with zero attached hydrogens (tertiary/aromatic N) is 3. The van der Waals surface area contributed by atoms with Gasteiger partial charge in [0.15, 0.2) is 5.82 Å². The Kier molecular flexibility index (Phi) is 4.66. The van der Waals surface area contributed by atoms with Crippen molar-refractivity contribution in [2.75, 3.05) is 25.0 Å². The molecule has 1 saturated heterocycles. The van der Waals surface area contributed by atoms with E-state index >= 15 is 0 Å². The number of hydrogen-bond donors (Lipinski definition) is 1. The highest BCUT2D eigenvalue weighted by Gasteiger charge is 2.31. The molecule has 126 valence electrons. The summed E-state index contributed by atoms with van der Waals surface area (Å²) in [5.41, 5.74) is 0. The van der Waals surface area contributed by atoms with Gasteiger partial charge in [-0.05, 0) is 32.1 Å². The average Bonchev–Trinajstić information content (AvgIpc) is 3.01. The lowest BCUT2D eigenvalue weighted by atomic mass is 10.3. The molecule has 1 aliphatic heterocycles. The second-order valence-electron chi connectivity index (χ2n) is 6.51. The number of amides is 2. The van der Waals surface area contributed by atoms with Gasteiger partial charge in [-0.1, -0.05) is 0 Å². The fourth-order valence-corrected chi connectivity index (χ4v) is 2.84. The van der Waals surface area contributed by atoms with E-state index in [4.69, 9.17) is 4.74 Å². The van der Waals surface area contributed by atoms with Crippen LogP contribution in [0.2, 0.25) is 0 Å². The molecule has 1 saturated carbocycles. The number of rotatable bonds is 6. The van der Waals surface area contributed by atoms with Gasteiger partial charge in [-0.25, -0.2) is 0 Å². The fraction of sp³-hybridized carbons (Fsp3) is 0.688. The van der Waals surface area contributed by atoms with Crippen LogP contribution in [0.15, 0.2) is 12.3 Å². The van der Waals surface area contributed by atoms with Crippen molar-refractivity contribution in [3.63, 3.8) is 0 Å². The van der Waals surface area contributed by atoms with E-state index in [1.807, 2.05) is 22.7 Å². The molecule has 0 bridgehead atoms. The van der Waals surface area contributed by atoms with Crippen LogP contribution in [-0.2, 0) is 14.3 Å². The summed E-state index contributed by atoms with van der Waals surface area (Å²) in [7, 11) is 0. The molecule has 0 unspecified atom stereocenters. The van der Waals surface area contributed by atoms with Crippen molar-refractivity contribution >= 4 is 17.6 Å². The third-order valence-electron chi connectivity index (χ3n) is 4.39. The molecular formula is C16H24N4O3. The molecule has 1 aromatic heterocycles. The molecule has 7 heteroatoms. The molecule has 0 aromatic carbocycles. The van der Waals surface area contributed by atoms with Crippen LogP contribution in [-0.4, -0.2) is 52.3 Å². The first kappa shape index (κ1) is 16.0. The van der Waals surface area contributed by atoms with Gasteiger partial charge in [-0.2, -0.15) is 5.10 Å². The van der Waals surface area contributed by atoms with E-state index in [1.165, 1.54) is 19.8 Å². The Bertz CT molecular complexity index is 582. The van der Waals surface area contributed by atoms with Crippen LogP contribution in [0.5, 0.6) is 0 Å². The normalized spacial score (nSPS) is 22.2. The Morgan fingerprint density at radius 2 is 2.22 bits per heavy atom. The number of aromatic nitrogens is 2. The van der Waals surface area contributed by atoms with E-state index in [9.17, 15) is 9.59 Å². The maximum absolute atomic E-state index is 12.4. The lowest BCUT2D eigenvalue weighted by molar-refractivity contribution is -0.141. The Morgan fingerprint density at radius 3 is 2.91 bits per heavy atom. The van der Waals surface area contributed by atoms with Crippen molar-refractivity contribution < 1.29 is 14.3 Å². The summed E-state index contributed by atoms with van der Waals surface area (Å²) in [4.78, 5) is 25.3. The minimum absolute atomic E-state index is 0.0578. The Hall–Kier alpha value is -1.89. The quantitative estimate of drug-likeness (QED) is 0.860. The molecule has 1 aromatic rings. The van der Waals surface area contributed by atoms with Gasteiger partial charge in [0, 0.05) is 32.3 Å². The molecule has 0 radical (unpaired) electrons. The minimum atomic E-state index is -0.373. The summed E-state index contributed by atoms with van der Waals surface area (Å²) in [5, 5.41) is 7.02. The number of carbonyl (C=O) groups is 2. The Labute approximate surface area is 136 Å². The molecule has 2 heterocycles. The highest BCUT2D eigenvalue weighted by atomic mass is 16.5. The van der Waals surface area contributed by atoms with Gasteiger partial charge in [0.05, 0.1) is 12.6 Å². The van der Waals surface area contributed by atoms with Crippen molar-refractivity contribution in [2.24, 2.45) is 5.92 Å². The summed E-state index contributed by atoms with van der Waals surface area (Å²) in [6.45, 7) is 5.34. The highest BCUT2D eigenvalue weighted by Crippen LogP contribution is 2.29. The smallest absolute Gasteiger partial charge is 0.251 e. The number of likely N-dealkylation sites (tertiary alicyclic amines) is 1. The molecule has 1 aliphatic carbocycles. The van der Waals surface area contributed by atoms with Crippen molar-refractivity contribution in [1.29, 1.82) is 0 Å². The van der Waals surface area contributed by atoms with Gasteiger partial charge < -0.3 is 15.0 Å². The SMILES string of the molecule is CC(=O)Nc1ccn([C@@H]2CCN(C(=O)[C@@H](C)OCC3CC3)C2)n1. The summed E-state index contributed by atoms with van der Waals surface area (Å²) >= 11 is 0. The summed E-state index contributed by atoms with van der Waals surface area (Å²) in [6, 6.07) is 1.92. The van der Waals surface area contributed by atoms with E-state index in [2.05, 4.69) is 10.4 Å². The van der Waals surface area contributed by atoms with E-state index in [0.717, 1.165) is 13.0 Å². The summed E-state index contributed by atoms with van der Waals surface area (Å²) in [6.07, 6.45) is 4.78. The van der Waals surface area contributed by atoms with Gasteiger partial charge in [-0.3, -0.25) is 14.3 Å². The standard InChI is InChI=1S/C16H24N4O3/c1-11(23-10-13-3-4-13)16(22)19-7-5-14(9-19)20-8-6-15(18-20)17-12(2)21/h6,8,11,13-14H,3-5,7,9-10H2,1-2H3,(H,17,18,21)/t11-,14-/m1/s1. The summed E-state index contributed by atoms with van der Waals surface area (Å²) < 4.78 is 7.50. The van der Waals surface area contributed by atoms with Crippen molar-refractivity contribution in [2.45, 2.75) is 45.3 Å². The third kappa shape index (κ3) is 4.10. The third-order valence-corrected chi connectivity index (χ3v) is 4.39. The maximum atomic E-state index is 12.4. The van der Waals surface area contributed by atoms with Crippen molar-refractivity contribution in [1.82, 2.24) is 14.7 Å². The first-order chi connectivity index (χ1) is 11.0. The number of nitrogens with one attached hydrogen (secondary N) is 1. The highest BCUT2D eigenvalue weighted by molar-refractivity contribution is 5.87. The lowest BCUT2D eigenvalue weighted by Crippen LogP contribution is -2.38. The van der Waals surface area contributed by atoms with E-state index in [-0.39, 0.29) is 24.0 Å². The number of hydrogen-bond acceptors (Lipinski definition) is 4. The molecule has 2 amide bonds. The second-order valence-corrected chi connectivity index (χ2v) is 6.51. The molecule has 23 heavy (non-hydrogen) atoms. The molecule has 7 nitrogen and oxygen atoms in total. The van der Waals surface area contributed by atoms with Crippen LogP contribution < -0.4 is 5.32 Å². The molecular weight excluding hydrogens is 296 g/mol. The van der Waals surface area contributed by atoms with Gasteiger partial charge in [0.2, 0.25) is 5.91 Å². The Balaban J connectivity index is 1.51. The van der Waals surface area contributed by atoms with E-state index in [1.54, 1.807) is 6.07 Å². The summed E-state index contributed by atoms with van der Waals surface area (Å²) in [5.74, 6) is 1.12. The van der Waals surface area contributed by atoms with Crippen LogP contribution in [0.25, 0.3) is 0 Å².